The van der Waals surface area contributed by atoms with E-state index >= 15 is 0 Å². The van der Waals surface area contributed by atoms with Crippen molar-refractivity contribution in [3.8, 4) is 0 Å². The van der Waals surface area contributed by atoms with Gasteiger partial charge in [-0.2, -0.15) is 0 Å². The molecule has 1 saturated heterocycles. The van der Waals surface area contributed by atoms with Crippen LogP contribution in [0.3, 0.4) is 0 Å². The van der Waals surface area contributed by atoms with Crippen molar-refractivity contribution < 1.29 is 9.53 Å². The Kier molecular flexibility index (Phi) is 5.01. The van der Waals surface area contributed by atoms with Crippen LogP contribution in [0.5, 0.6) is 0 Å². The topological polar surface area (TPSA) is 41.6 Å². The van der Waals surface area contributed by atoms with Gasteiger partial charge in [-0.25, -0.2) is 0 Å². The summed E-state index contributed by atoms with van der Waals surface area (Å²) in [7, 11) is 1.75. The quantitative estimate of drug-likeness (QED) is 0.747. The number of piperidine rings is 1. The van der Waals surface area contributed by atoms with Crippen molar-refractivity contribution in [2.75, 3.05) is 39.9 Å². The average molecular weight is 254 g/mol. The van der Waals surface area contributed by atoms with Crippen LogP contribution in [0.1, 0.15) is 38.5 Å². The minimum atomic E-state index is 0.275. The molecule has 18 heavy (non-hydrogen) atoms. The molecule has 4 heteroatoms. The molecule has 2 fully saturated rings. The van der Waals surface area contributed by atoms with Crippen LogP contribution in [0.25, 0.3) is 0 Å². The largest absolute Gasteiger partial charge is 0.385 e. The number of carbonyl (C=O) groups is 1. The number of ether oxygens (including phenoxy) is 1. The number of nitrogens with one attached hydrogen (secondary N) is 1. The molecule has 1 aliphatic heterocycles. The number of amides is 1. The minimum Gasteiger partial charge on any atom is -0.385 e. The highest BCUT2D eigenvalue weighted by Gasteiger charge is 2.41. The third kappa shape index (κ3) is 3.95. The van der Waals surface area contributed by atoms with Crippen molar-refractivity contribution in [3.63, 3.8) is 0 Å². The van der Waals surface area contributed by atoms with E-state index < -0.39 is 0 Å². The summed E-state index contributed by atoms with van der Waals surface area (Å²) in [6.07, 6.45) is 7.29. The summed E-state index contributed by atoms with van der Waals surface area (Å²) >= 11 is 0. The van der Waals surface area contributed by atoms with Crippen LogP contribution in [0.4, 0.5) is 0 Å². The molecule has 0 bridgehead atoms. The van der Waals surface area contributed by atoms with Gasteiger partial charge in [0.25, 0.3) is 0 Å². The van der Waals surface area contributed by atoms with Gasteiger partial charge in [0, 0.05) is 33.4 Å². The van der Waals surface area contributed by atoms with E-state index in [-0.39, 0.29) is 5.91 Å². The van der Waals surface area contributed by atoms with Gasteiger partial charge in [-0.15, -0.1) is 0 Å². The number of likely N-dealkylation sites (tertiary alicyclic amines) is 1. The number of carbonyl (C=O) groups excluding carboxylic acids is 1. The molecular weight excluding hydrogens is 228 g/mol. The van der Waals surface area contributed by atoms with E-state index in [1.165, 1.54) is 32.1 Å². The van der Waals surface area contributed by atoms with Gasteiger partial charge in [0.1, 0.15) is 0 Å². The zero-order chi connectivity index (χ0) is 12.8. The Balaban J connectivity index is 1.61. The lowest BCUT2D eigenvalue weighted by Crippen LogP contribution is -2.42. The third-order valence-electron chi connectivity index (χ3n) is 4.28. The van der Waals surface area contributed by atoms with Crippen LogP contribution in [0.15, 0.2) is 0 Å². The zero-order valence-electron chi connectivity index (χ0n) is 11.5. The van der Waals surface area contributed by atoms with Crippen LogP contribution in [0.2, 0.25) is 0 Å². The second-order valence-corrected chi connectivity index (χ2v) is 5.79. The Morgan fingerprint density at radius 2 is 2.00 bits per heavy atom. The van der Waals surface area contributed by atoms with Crippen molar-refractivity contribution in [1.82, 2.24) is 10.2 Å². The van der Waals surface area contributed by atoms with Gasteiger partial charge in [-0.3, -0.25) is 4.79 Å². The Labute approximate surface area is 110 Å². The molecule has 1 N–H and O–H groups in total. The third-order valence-corrected chi connectivity index (χ3v) is 4.28. The van der Waals surface area contributed by atoms with Crippen molar-refractivity contribution >= 4 is 5.91 Å². The summed E-state index contributed by atoms with van der Waals surface area (Å²) in [5.41, 5.74) is 0.429. The molecule has 2 rings (SSSR count). The van der Waals surface area contributed by atoms with Gasteiger partial charge >= 0.3 is 0 Å². The van der Waals surface area contributed by atoms with Crippen LogP contribution >= 0.6 is 0 Å². The first-order chi connectivity index (χ1) is 8.76. The SMILES string of the molecule is COCCC1(CNCC(=O)N2CCCCC2)CC1. The predicted molar refractivity (Wildman–Crippen MR) is 71.5 cm³/mol. The van der Waals surface area contributed by atoms with E-state index in [1.54, 1.807) is 7.11 Å². The van der Waals surface area contributed by atoms with Crippen molar-refractivity contribution in [3.05, 3.63) is 0 Å². The molecule has 0 aromatic rings. The van der Waals surface area contributed by atoms with Gasteiger partial charge in [0.05, 0.1) is 6.54 Å². The molecule has 0 aromatic heterocycles. The molecular formula is C14H26N2O2. The fourth-order valence-electron chi connectivity index (χ4n) is 2.70. The van der Waals surface area contributed by atoms with Gasteiger partial charge in [0.2, 0.25) is 5.91 Å². The molecule has 0 spiro atoms. The lowest BCUT2D eigenvalue weighted by atomic mass is 10.0. The molecule has 0 radical (unpaired) electrons. The fourth-order valence-corrected chi connectivity index (χ4v) is 2.70. The minimum absolute atomic E-state index is 0.275. The van der Waals surface area contributed by atoms with Crippen molar-refractivity contribution in [2.45, 2.75) is 38.5 Å². The molecule has 0 aromatic carbocycles. The molecule has 1 heterocycles. The second kappa shape index (κ2) is 6.53. The van der Waals surface area contributed by atoms with E-state index in [9.17, 15) is 4.79 Å². The van der Waals surface area contributed by atoms with Crippen LogP contribution < -0.4 is 5.32 Å². The van der Waals surface area contributed by atoms with Crippen LogP contribution in [-0.2, 0) is 9.53 Å². The molecule has 2 aliphatic rings. The highest BCUT2D eigenvalue weighted by molar-refractivity contribution is 5.78. The fraction of sp³-hybridized carbons (Fsp3) is 0.929. The molecule has 0 unspecified atom stereocenters. The smallest absolute Gasteiger partial charge is 0.236 e. The number of rotatable bonds is 7. The van der Waals surface area contributed by atoms with Crippen molar-refractivity contribution in [1.29, 1.82) is 0 Å². The summed E-state index contributed by atoms with van der Waals surface area (Å²) in [5.74, 6) is 0.275. The maximum absolute atomic E-state index is 12.0. The Morgan fingerprint density at radius 1 is 1.28 bits per heavy atom. The Hall–Kier alpha value is -0.610. The van der Waals surface area contributed by atoms with Gasteiger partial charge in [-0.1, -0.05) is 0 Å². The summed E-state index contributed by atoms with van der Waals surface area (Å²) < 4.78 is 5.14. The molecule has 4 nitrogen and oxygen atoms in total. The Bertz CT molecular complexity index is 271. The first-order valence-corrected chi connectivity index (χ1v) is 7.23. The first-order valence-electron chi connectivity index (χ1n) is 7.23. The number of hydrogen-bond donors (Lipinski definition) is 1. The monoisotopic (exact) mass is 254 g/mol. The van der Waals surface area contributed by atoms with Crippen LogP contribution in [-0.4, -0.2) is 50.7 Å². The average Bonchev–Trinajstić information content (AvgIpc) is 3.18. The summed E-state index contributed by atoms with van der Waals surface area (Å²) in [6, 6.07) is 0. The molecule has 104 valence electrons. The van der Waals surface area contributed by atoms with Gasteiger partial charge in [-0.05, 0) is 43.9 Å². The summed E-state index contributed by atoms with van der Waals surface area (Å²) in [6.45, 7) is 4.22. The molecule has 1 aliphatic carbocycles. The first kappa shape index (κ1) is 13.8. The lowest BCUT2D eigenvalue weighted by molar-refractivity contribution is -0.131. The molecule has 0 atom stereocenters. The predicted octanol–water partition coefficient (Wildman–Crippen LogP) is 1.41. The van der Waals surface area contributed by atoms with E-state index in [2.05, 4.69) is 5.32 Å². The number of methoxy groups -OCH3 is 1. The zero-order valence-corrected chi connectivity index (χ0v) is 11.5. The molecule has 1 amide bonds. The second-order valence-electron chi connectivity index (χ2n) is 5.79. The summed E-state index contributed by atoms with van der Waals surface area (Å²) in [5, 5.41) is 3.35. The van der Waals surface area contributed by atoms with Crippen LogP contribution in [0, 0.1) is 5.41 Å². The standard InChI is InChI=1S/C14H26N2O2/c1-18-10-7-14(5-6-14)12-15-11-13(17)16-8-3-2-4-9-16/h15H,2-12H2,1H3. The number of nitrogens with zero attached hydrogens (tertiary/aromatic N) is 1. The summed E-state index contributed by atoms with van der Waals surface area (Å²) in [4.78, 5) is 14.0. The Morgan fingerprint density at radius 3 is 2.61 bits per heavy atom. The maximum atomic E-state index is 12.0. The lowest BCUT2D eigenvalue weighted by Gasteiger charge is -2.27. The van der Waals surface area contributed by atoms with Gasteiger partial charge < -0.3 is 15.0 Å². The van der Waals surface area contributed by atoms with E-state index in [0.29, 0.717) is 12.0 Å². The van der Waals surface area contributed by atoms with E-state index in [0.717, 1.165) is 32.7 Å². The maximum Gasteiger partial charge on any atom is 0.236 e. The van der Waals surface area contributed by atoms with E-state index in [4.69, 9.17) is 4.74 Å². The normalized spacial score (nSPS) is 21.9. The highest BCUT2D eigenvalue weighted by atomic mass is 16.5. The van der Waals surface area contributed by atoms with E-state index in [1.807, 2.05) is 4.90 Å². The highest BCUT2D eigenvalue weighted by Crippen LogP contribution is 2.48. The van der Waals surface area contributed by atoms with Gasteiger partial charge in [0.15, 0.2) is 0 Å². The van der Waals surface area contributed by atoms with Crippen molar-refractivity contribution in [2.24, 2.45) is 5.41 Å². The molecule has 1 saturated carbocycles. The number of hydrogen-bond acceptors (Lipinski definition) is 3.